The molecule has 7 nitrogen and oxygen atoms in total. The minimum Gasteiger partial charge on any atom is -0.477 e. The van der Waals surface area contributed by atoms with Gasteiger partial charge in [-0.25, -0.2) is 0 Å². The highest BCUT2D eigenvalue weighted by atomic mass is 16.5. The summed E-state index contributed by atoms with van der Waals surface area (Å²) < 4.78 is 11.1. The molecule has 0 saturated carbocycles. The molecule has 1 aromatic heterocycles. The van der Waals surface area contributed by atoms with Crippen molar-refractivity contribution in [3.63, 3.8) is 0 Å². The monoisotopic (exact) mass is 377 g/mol. The number of pyridine rings is 1. The highest BCUT2D eigenvalue weighted by Crippen LogP contribution is 2.36. The normalized spacial score (nSPS) is 13.6. The number of nitrogens with two attached hydrogens (primary N) is 1. The molecule has 7 heteroatoms. The quantitative estimate of drug-likeness (QED) is 0.771. The molecule has 0 unspecified atom stereocenters. The summed E-state index contributed by atoms with van der Waals surface area (Å²) in [6, 6.07) is 12.0. The summed E-state index contributed by atoms with van der Waals surface area (Å²) in [6.45, 7) is 5.58. The van der Waals surface area contributed by atoms with E-state index in [9.17, 15) is 10.5 Å². The molecule has 2 aromatic rings. The van der Waals surface area contributed by atoms with E-state index < -0.39 is 0 Å². The van der Waals surface area contributed by atoms with Crippen LogP contribution in [0.15, 0.2) is 24.3 Å². The Labute approximate surface area is 164 Å². The zero-order valence-corrected chi connectivity index (χ0v) is 15.9. The number of ether oxygens (including phenoxy) is 2. The SMILES string of the molecule is CCCCOc1nc(N)c(C#N)c(-c2ccc(N3CCOCC3)cc2)c1C#N. The lowest BCUT2D eigenvalue weighted by molar-refractivity contribution is 0.122. The molecular formula is C21H23N5O2. The predicted octanol–water partition coefficient (Wildman–Crippen LogP) is 3.09. The summed E-state index contributed by atoms with van der Waals surface area (Å²) in [5.41, 5.74) is 8.71. The van der Waals surface area contributed by atoms with Gasteiger partial charge in [-0.1, -0.05) is 25.5 Å². The van der Waals surface area contributed by atoms with Crippen molar-refractivity contribution in [1.82, 2.24) is 4.98 Å². The maximum Gasteiger partial charge on any atom is 0.234 e. The predicted molar refractivity (Wildman–Crippen MR) is 107 cm³/mol. The summed E-state index contributed by atoms with van der Waals surface area (Å²) in [4.78, 5) is 6.39. The van der Waals surface area contributed by atoms with Crippen LogP contribution >= 0.6 is 0 Å². The Morgan fingerprint density at radius 2 is 1.82 bits per heavy atom. The number of anilines is 2. The van der Waals surface area contributed by atoms with Crippen molar-refractivity contribution < 1.29 is 9.47 Å². The highest BCUT2D eigenvalue weighted by molar-refractivity contribution is 5.83. The number of rotatable bonds is 6. The minimum absolute atomic E-state index is 0.0697. The third kappa shape index (κ3) is 4.00. The van der Waals surface area contributed by atoms with Crippen LogP contribution < -0.4 is 15.4 Å². The van der Waals surface area contributed by atoms with E-state index in [0.29, 0.717) is 25.4 Å². The molecule has 1 aromatic carbocycles. The van der Waals surface area contributed by atoms with Gasteiger partial charge in [0.15, 0.2) is 0 Å². The van der Waals surface area contributed by atoms with Crippen LogP contribution in [-0.2, 0) is 4.74 Å². The second-order valence-corrected chi connectivity index (χ2v) is 6.50. The molecule has 0 bridgehead atoms. The number of unbranched alkanes of at least 4 members (excludes halogenated alkanes) is 1. The number of hydrogen-bond donors (Lipinski definition) is 1. The Morgan fingerprint density at radius 1 is 1.14 bits per heavy atom. The summed E-state index contributed by atoms with van der Waals surface area (Å²) >= 11 is 0. The van der Waals surface area contributed by atoms with Gasteiger partial charge in [0.25, 0.3) is 0 Å². The lowest BCUT2D eigenvalue weighted by Crippen LogP contribution is -2.36. The molecule has 1 fully saturated rings. The van der Waals surface area contributed by atoms with Crippen molar-refractivity contribution in [3.05, 3.63) is 35.4 Å². The molecule has 0 amide bonds. The first-order chi connectivity index (χ1) is 13.7. The molecule has 28 heavy (non-hydrogen) atoms. The molecule has 0 aliphatic carbocycles. The Balaban J connectivity index is 2.01. The fourth-order valence-corrected chi connectivity index (χ4v) is 3.16. The lowest BCUT2D eigenvalue weighted by atomic mass is 9.96. The van der Waals surface area contributed by atoms with Crippen LogP contribution in [-0.4, -0.2) is 37.9 Å². The minimum atomic E-state index is 0.0697. The van der Waals surface area contributed by atoms with E-state index in [1.54, 1.807) is 0 Å². The molecule has 0 atom stereocenters. The van der Waals surface area contributed by atoms with Gasteiger partial charge in [-0.15, -0.1) is 0 Å². The van der Waals surface area contributed by atoms with Crippen molar-refractivity contribution >= 4 is 11.5 Å². The van der Waals surface area contributed by atoms with Crippen LogP contribution in [0.4, 0.5) is 11.5 Å². The number of nitriles is 2. The molecule has 144 valence electrons. The number of aromatic nitrogens is 1. The Morgan fingerprint density at radius 3 is 2.43 bits per heavy atom. The van der Waals surface area contributed by atoms with E-state index in [0.717, 1.165) is 37.2 Å². The van der Waals surface area contributed by atoms with Crippen molar-refractivity contribution in [1.29, 1.82) is 10.5 Å². The second-order valence-electron chi connectivity index (χ2n) is 6.50. The smallest absolute Gasteiger partial charge is 0.234 e. The average molecular weight is 377 g/mol. The van der Waals surface area contributed by atoms with E-state index in [-0.39, 0.29) is 22.8 Å². The molecule has 2 heterocycles. The highest BCUT2D eigenvalue weighted by Gasteiger charge is 2.21. The summed E-state index contributed by atoms with van der Waals surface area (Å²) in [7, 11) is 0. The molecular weight excluding hydrogens is 354 g/mol. The number of nitrogens with zero attached hydrogens (tertiary/aromatic N) is 4. The molecule has 1 aliphatic heterocycles. The van der Waals surface area contributed by atoms with E-state index >= 15 is 0 Å². The Bertz CT molecular complexity index is 906. The fraction of sp³-hybridized carbons (Fsp3) is 0.381. The van der Waals surface area contributed by atoms with Gasteiger partial charge < -0.3 is 20.1 Å². The number of benzene rings is 1. The summed E-state index contributed by atoms with van der Waals surface area (Å²) in [5.74, 6) is 0.250. The Kier molecular flexibility index (Phi) is 6.31. The topological polar surface area (TPSA) is 108 Å². The van der Waals surface area contributed by atoms with Gasteiger partial charge in [-0.05, 0) is 24.1 Å². The zero-order chi connectivity index (χ0) is 19.9. The van der Waals surface area contributed by atoms with Crippen LogP contribution in [0.5, 0.6) is 5.88 Å². The van der Waals surface area contributed by atoms with E-state index in [1.165, 1.54) is 0 Å². The maximum atomic E-state index is 9.74. The summed E-state index contributed by atoms with van der Waals surface area (Å²) in [5, 5.41) is 19.3. The van der Waals surface area contributed by atoms with Gasteiger partial charge in [0.05, 0.1) is 19.8 Å². The standard InChI is InChI=1S/C21H23N5O2/c1-2-3-10-28-21-18(14-23)19(17(13-22)20(24)25-21)15-4-6-16(7-5-15)26-8-11-27-12-9-26/h4-7H,2-3,8-12H2,1H3,(H2,24,25). The van der Waals surface area contributed by atoms with Crippen LogP contribution in [0.1, 0.15) is 30.9 Å². The largest absolute Gasteiger partial charge is 0.477 e. The fourth-order valence-electron chi connectivity index (χ4n) is 3.16. The molecule has 1 aliphatic rings. The first-order valence-corrected chi connectivity index (χ1v) is 9.39. The number of nitrogen functional groups attached to an aromatic ring is 1. The van der Waals surface area contributed by atoms with E-state index in [4.69, 9.17) is 15.2 Å². The van der Waals surface area contributed by atoms with Crippen LogP contribution in [0.2, 0.25) is 0 Å². The van der Waals surface area contributed by atoms with E-state index in [2.05, 4.69) is 28.9 Å². The molecule has 0 spiro atoms. The molecule has 3 rings (SSSR count). The van der Waals surface area contributed by atoms with Crippen molar-refractivity contribution in [2.75, 3.05) is 43.5 Å². The van der Waals surface area contributed by atoms with Gasteiger partial charge in [-0.2, -0.15) is 15.5 Å². The maximum absolute atomic E-state index is 9.74. The third-order valence-electron chi connectivity index (χ3n) is 4.68. The first kappa shape index (κ1) is 19.5. The third-order valence-corrected chi connectivity index (χ3v) is 4.68. The van der Waals surface area contributed by atoms with Gasteiger partial charge in [-0.3, -0.25) is 0 Å². The molecule has 0 radical (unpaired) electrons. The van der Waals surface area contributed by atoms with Gasteiger partial charge in [0.2, 0.25) is 5.88 Å². The van der Waals surface area contributed by atoms with Gasteiger partial charge in [0, 0.05) is 24.3 Å². The lowest BCUT2D eigenvalue weighted by Gasteiger charge is -2.29. The van der Waals surface area contributed by atoms with Crippen molar-refractivity contribution in [2.45, 2.75) is 19.8 Å². The average Bonchev–Trinajstić information content (AvgIpc) is 2.74. The summed E-state index contributed by atoms with van der Waals surface area (Å²) in [6.07, 6.45) is 1.81. The second kappa shape index (κ2) is 9.07. The Hall–Kier alpha value is -3.29. The molecule has 1 saturated heterocycles. The van der Waals surface area contributed by atoms with E-state index in [1.807, 2.05) is 24.3 Å². The van der Waals surface area contributed by atoms with Crippen LogP contribution in [0, 0.1) is 22.7 Å². The van der Waals surface area contributed by atoms with Crippen LogP contribution in [0.3, 0.4) is 0 Å². The van der Waals surface area contributed by atoms with Gasteiger partial charge >= 0.3 is 0 Å². The van der Waals surface area contributed by atoms with Crippen molar-refractivity contribution in [3.8, 4) is 29.1 Å². The van der Waals surface area contributed by atoms with Crippen LogP contribution in [0.25, 0.3) is 11.1 Å². The number of morpholine rings is 1. The van der Waals surface area contributed by atoms with Crippen molar-refractivity contribution in [2.24, 2.45) is 0 Å². The molecule has 2 N–H and O–H groups in total. The zero-order valence-electron chi connectivity index (χ0n) is 15.9. The number of hydrogen-bond acceptors (Lipinski definition) is 7. The first-order valence-electron chi connectivity index (χ1n) is 9.39. The van der Waals surface area contributed by atoms with Gasteiger partial charge in [0.1, 0.15) is 29.1 Å².